The molecule has 2 heterocycles. The number of aromatic nitrogens is 2. The van der Waals surface area contributed by atoms with Gasteiger partial charge in [-0.3, -0.25) is 9.89 Å². The van der Waals surface area contributed by atoms with E-state index in [1.165, 1.54) is 0 Å². The topological polar surface area (TPSA) is 93.0 Å². The van der Waals surface area contributed by atoms with Crippen molar-refractivity contribution in [2.24, 2.45) is 0 Å². The molecule has 106 valence electrons. The Hall–Kier alpha value is -2.08. The predicted octanol–water partition coefficient (Wildman–Crippen LogP) is 1.44. The number of benzene rings is 1. The van der Waals surface area contributed by atoms with Crippen molar-refractivity contribution in [3.05, 3.63) is 23.9 Å². The van der Waals surface area contributed by atoms with Crippen LogP contribution in [0.25, 0.3) is 10.9 Å². The molecule has 1 aromatic carbocycles. The molecule has 1 fully saturated rings. The van der Waals surface area contributed by atoms with Crippen LogP contribution in [0.1, 0.15) is 30.3 Å². The molecule has 0 bridgehead atoms. The molecule has 4 N–H and O–H groups in total. The summed E-state index contributed by atoms with van der Waals surface area (Å²) in [5.41, 5.74) is 7.22. The zero-order chi connectivity index (χ0) is 14.2. The molecule has 0 saturated carbocycles. The summed E-state index contributed by atoms with van der Waals surface area (Å²) in [7, 11) is 0. The molecule has 0 spiro atoms. The van der Waals surface area contributed by atoms with Crippen LogP contribution < -0.4 is 11.1 Å². The van der Waals surface area contributed by atoms with Crippen molar-refractivity contribution in [1.82, 2.24) is 15.5 Å². The number of aromatic amines is 1. The predicted molar refractivity (Wildman–Crippen MR) is 76.4 cm³/mol. The second kappa shape index (κ2) is 4.79. The number of hydrogen-bond acceptors (Lipinski definition) is 4. The fourth-order valence-electron chi connectivity index (χ4n) is 2.57. The van der Waals surface area contributed by atoms with Gasteiger partial charge >= 0.3 is 0 Å². The summed E-state index contributed by atoms with van der Waals surface area (Å²) in [6.45, 7) is 3.28. The minimum Gasteiger partial charge on any atom is -0.399 e. The van der Waals surface area contributed by atoms with Gasteiger partial charge in [0.1, 0.15) is 0 Å². The van der Waals surface area contributed by atoms with Gasteiger partial charge in [-0.05, 0) is 38.0 Å². The fraction of sp³-hybridized carbons (Fsp3) is 0.429. The Bertz CT molecular complexity index is 644. The molecule has 0 radical (unpaired) electrons. The maximum atomic E-state index is 12.4. The molecule has 20 heavy (non-hydrogen) atoms. The van der Waals surface area contributed by atoms with Crippen LogP contribution in [0.2, 0.25) is 0 Å². The third-order valence-electron chi connectivity index (χ3n) is 3.66. The van der Waals surface area contributed by atoms with Crippen molar-refractivity contribution in [1.29, 1.82) is 0 Å². The largest absolute Gasteiger partial charge is 0.399 e. The monoisotopic (exact) mass is 274 g/mol. The molecule has 1 saturated heterocycles. The van der Waals surface area contributed by atoms with Crippen molar-refractivity contribution in [2.75, 3.05) is 18.9 Å². The normalized spacial score (nSPS) is 22.9. The fourth-order valence-corrected chi connectivity index (χ4v) is 2.57. The van der Waals surface area contributed by atoms with Gasteiger partial charge in [0.05, 0.1) is 17.7 Å². The number of ether oxygens (including phenoxy) is 1. The highest BCUT2D eigenvalue weighted by Gasteiger charge is 2.30. The van der Waals surface area contributed by atoms with E-state index >= 15 is 0 Å². The van der Waals surface area contributed by atoms with Gasteiger partial charge in [0.25, 0.3) is 5.91 Å². The Morgan fingerprint density at radius 2 is 2.40 bits per heavy atom. The van der Waals surface area contributed by atoms with E-state index in [4.69, 9.17) is 10.5 Å². The quantitative estimate of drug-likeness (QED) is 0.722. The highest BCUT2D eigenvalue weighted by molar-refractivity contribution is 6.05. The van der Waals surface area contributed by atoms with E-state index in [1.54, 1.807) is 12.1 Å². The number of nitrogen functional groups attached to an aromatic ring is 1. The van der Waals surface area contributed by atoms with E-state index in [1.807, 2.05) is 13.0 Å². The first kappa shape index (κ1) is 12.9. The zero-order valence-electron chi connectivity index (χ0n) is 11.4. The molecular weight excluding hydrogens is 256 g/mol. The lowest BCUT2D eigenvalue weighted by Gasteiger charge is -2.34. The van der Waals surface area contributed by atoms with Gasteiger partial charge in [-0.2, -0.15) is 5.10 Å². The highest BCUT2D eigenvalue weighted by atomic mass is 16.5. The molecule has 6 heteroatoms. The summed E-state index contributed by atoms with van der Waals surface area (Å²) >= 11 is 0. The Morgan fingerprint density at radius 1 is 1.55 bits per heavy atom. The second-order valence-electron chi connectivity index (χ2n) is 5.55. The lowest BCUT2D eigenvalue weighted by Crippen LogP contribution is -2.51. The average Bonchev–Trinajstić information content (AvgIpc) is 2.82. The average molecular weight is 274 g/mol. The highest BCUT2D eigenvalue weighted by Crippen LogP contribution is 2.22. The minimum atomic E-state index is -0.332. The van der Waals surface area contributed by atoms with Crippen molar-refractivity contribution >= 4 is 22.5 Å². The van der Waals surface area contributed by atoms with Crippen LogP contribution in [-0.4, -0.2) is 34.9 Å². The molecule has 1 atom stereocenters. The number of nitrogens with zero attached hydrogens (tertiary/aromatic N) is 1. The number of amides is 1. The van der Waals surface area contributed by atoms with Crippen LogP contribution in [-0.2, 0) is 4.74 Å². The van der Waals surface area contributed by atoms with Crippen molar-refractivity contribution in [3.63, 3.8) is 0 Å². The van der Waals surface area contributed by atoms with E-state index in [9.17, 15) is 4.79 Å². The number of H-pyrrole nitrogens is 1. The molecule has 3 rings (SSSR count). The Labute approximate surface area is 116 Å². The minimum absolute atomic E-state index is 0.199. The molecule has 1 amide bonds. The van der Waals surface area contributed by atoms with Crippen LogP contribution in [0.4, 0.5) is 5.69 Å². The first-order valence-electron chi connectivity index (χ1n) is 6.71. The second-order valence-corrected chi connectivity index (χ2v) is 5.55. The SMILES string of the molecule is CC1(NC(=O)c2n[nH]c3ccc(N)cc23)CCCOC1. The smallest absolute Gasteiger partial charge is 0.272 e. The van der Waals surface area contributed by atoms with Gasteiger partial charge in [0.15, 0.2) is 5.69 Å². The summed E-state index contributed by atoms with van der Waals surface area (Å²) in [4.78, 5) is 12.4. The number of anilines is 1. The van der Waals surface area contributed by atoms with Gasteiger partial charge < -0.3 is 15.8 Å². The van der Waals surface area contributed by atoms with Gasteiger partial charge in [-0.15, -0.1) is 0 Å². The lowest BCUT2D eigenvalue weighted by atomic mass is 9.94. The Balaban J connectivity index is 1.87. The number of nitrogens with two attached hydrogens (primary N) is 1. The van der Waals surface area contributed by atoms with Gasteiger partial charge in [-0.25, -0.2) is 0 Å². The molecule has 2 aromatic rings. The molecule has 1 unspecified atom stereocenters. The number of carbonyl (C=O) groups excluding carboxylic acids is 1. The van der Waals surface area contributed by atoms with Crippen LogP contribution in [0.15, 0.2) is 18.2 Å². The maximum Gasteiger partial charge on any atom is 0.272 e. The number of fused-ring (bicyclic) bond motifs is 1. The third-order valence-corrected chi connectivity index (χ3v) is 3.66. The molecule has 1 aliphatic rings. The summed E-state index contributed by atoms with van der Waals surface area (Å²) in [5, 5.41) is 10.7. The van der Waals surface area contributed by atoms with Gasteiger partial charge in [-0.1, -0.05) is 0 Å². The molecule has 1 aliphatic heterocycles. The Kier molecular flexibility index (Phi) is 3.10. The number of rotatable bonds is 2. The summed E-state index contributed by atoms with van der Waals surface area (Å²) in [6, 6.07) is 5.35. The van der Waals surface area contributed by atoms with Crippen LogP contribution in [0, 0.1) is 0 Å². The summed E-state index contributed by atoms with van der Waals surface area (Å²) < 4.78 is 5.45. The van der Waals surface area contributed by atoms with Crippen LogP contribution in [0.5, 0.6) is 0 Å². The van der Waals surface area contributed by atoms with Gasteiger partial charge in [0, 0.05) is 17.7 Å². The number of nitrogens with one attached hydrogen (secondary N) is 2. The van der Waals surface area contributed by atoms with E-state index in [-0.39, 0.29) is 11.4 Å². The van der Waals surface area contributed by atoms with Crippen LogP contribution in [0.3, 0.4) is 0 Å². The van der Waals surface area contributed by atoms with Crippen LogP contribution >= 0.6 is 0 Å². The maximum absolute atomic E-state index is 12.4. The van der Waals surface area contributed by atoms with E-state index in [0.29, 0.717) is 18.0 Å². The van der Waals surface area contributed by atoms with E-state index in [2.05, 4.69) is 15.5 Å². The summed E-state index contributed by atoms with van der Waals surface area (Å²) in [5.74, 6) is -0.199. The van der Waals surface area contributed by atoms with E-state index in [0.717, 1.165) is 30.4 Å². The number of carbonyl (C=O) groups is 1. The molecule has 1 aromatic heterocycles. The zero-order valence-corrected chi connectivity index (χ0v) is 11.4. The number of hydrogen-bond donors (Lipinski definition) is 3. The van der Waals surface area contributed by atoms with Gasteiger partial charge in [0.2, 0.25) is 0 Å². The lowest BCUT2D eigenvalue weighted by molar-refractivity contribution is 0.0272. The molecular formula is C14H18N4O2. The summed E-state index contributed by atoms with van der Waals surface area (Å²) in [6.07, 6.45) is 1.86. The molecule has 6 nitrogen and oxygen atoms in total. The standard InChI is InChI=1S/C14H18N4O2/c1-14(5-2-6-20-8-14)16-13(19)12-10-7-9(15)3-4-11(10)17-18-12/h3-4,7H,2,5-6,8,15H2,1H3,(H,16,19)(H,17,18). The van der Waals surface area contributed by atoms with Crippen molar-refractivity contribution in [3.8, 4) is 0 Å². The van der Waals surface area contributed by atoms with Crippen molar-refractivity contribution < 1.29 is 9.53 Å². The first-order valence-corrected chi connectivity index (χ1v) is 6.71. The molecule has 0 aliphatic carbocycles. The first-order chi connectivity index (χ1) is 9.57. The van der Waals surface area contributed by atoms with Crippen molar-refractivity contribution in [2.45, 2.75) is 25.3 Å². The third kappa shape index (κ3) is 2.34. The van der Waals surface area contributed by atoms with E-state index < -0.39 is 0 Å². The Morgan fingerprint density at radius 3 is 3.15 bits per heavy atom.